The molecule has 1 aromatic carbocycles. The van der Waals surface area contributed by atoms with Crippen LogP contribution < -0.4 is 9.31 Å². The van der Waals surface area contributed by atoms with Crippen LogP contribution in [0.3, 0.4) is 0 Å². The van der Waals surface area contributed by atoms with Crippen LogP contribution in [0, 0.1) is 0 Å². The number of benzene rings is 1. The van der Waals surface area contributed by atoms with E-state index < -0.39 is 0 Å². The second-order valence-corrected chi connectivity index (χ2v) is 5.57. The number of nitrogens with two attached hydrogens (primary N) is 1. The molecule has 9 heavy (non-hydrogen) atoms. The van der Waals surface area contributed by atoms with Crippen LogP contribution in [0.4, 0.5) is 0 Å². The fraction of sp³-hybridized carbons (Fsp3) is 0.143. The Labute approximate surface area is 65.5 Å². The first-order valence-corrected chi connectivity index (χ1v) is 6.37. The molecule has 0 aliphatic rings. The molecule has 1 rings (SSSR count). The summed E-state index contributed by atoms with van der Waals surface area (Å²) in [6.45, 7) is 0. The van der Waals surface area contributed by atoms with Gasteiger partial charge in [0.15, 0.2) is 0 Å². The zero-order valence-electron chi connectivity index (χ0n) is 5.17. The van der Waals surface area contributed by atoms with Crippen LogP contribution >= 0.6 is 0 Å². The Bertz CT molecular complexity index is 162. The molecule has 1 aromatic rings. The van der Waals surface area contributed by atoms with Crippen molar-refractivity contribution in [3.63, 3.8) is 0 Å². The average Bonchev–Trinajstić information content (AvgIpc) is 1.91. The van der Waals surface area contributed by atoms with E-state index in [4.69, 9.17) is 5.73 Å². The third-order valence-electron chi connectivity index (χ3n) is 1.08. The van der Waals surface area contributed by atoms with Gasteiger partial charge in [-0.05, 0) is 0 Å². The fourth-order valence-electron chi connectivity index (χ4n) is 0.674. The van der Waals surface area contributed by atoms with E-state index in [2.05, 4.69) is 24.3 Å². The van der Waals surface area contributed by atoms with Gasteiger partial charge in [0.05, 0.1) is 0 Å². The molecule has 46 valence electrons. The molecule has 0 unspecified atom stereocenters. The van der Waals surface area contributed by atoms with Gasteiger partial charge in [-0.15, -0.1) is 0 Å². The van der Waals surface area contributed by atoms with Crippen LogP contribution in [0.25, 0.3) is 0 Å². The molecule has 0 fully saturated rings. The van der Waals surface area contributed by atoms with Gasteiger partial charge in [0.2, 0.25) is 0 Å². The summed E-state index contributed by atoms with van der Waals surface area (Å²) in [5.74, 6) is 0. The Morgan fingerprint density at radius 1 is 1.22 bits per heavy atom. The molecule has 0 bridgehead atoms. The molecule has 0 atom stereocenters. The van der Waals surface area contributed by atoms with Gasteiger partial charge in [-0.2, -0.15) is 0 Å². The zero-order valence-corrected chi connectivity index (χ0v) is 8.03. The van der Waals surface area contributed by atoms with Crippen molar-refractivity contribution in [2.24, 2.45) is 5.73 Å². The second kappa shape index (κ2) is 3.90. The van der Waals surface area contributed by atoms with Gasteiger partial charge in [0, 0.05) is 0 Å². The van der Waals surface area contributed by atoms with Crippen molar-refractivity contribution in [3.05, 3.63) is 30.3 Å². The van der Waals surface area contributed by atoms with E-state index >= 15 is 0 Å². The predicted molar refractivity (Wildman–Crippen MR) is 40.9 cm³/mol. The van der Waals surface area contributed by atoms with Crippen molar-refractivity contribution in [2.75, 3.05) is 4.56 Å². The maximum atomic E-state index is 5.44. The number of rotatable bonds is 2. The van der Waals surface area contributed by atoms with Crippen LogP contribution in [0.15, 0.2) is 30.3 Å². The van der Waals surface area contributed by atoms with Crippen molar-refractivity contribution in [2.45, 2.75) is 0 Å². The van der Waals surface area contributed by atoms with Crippen molar-refractivity contribution in [3.8, 4) is 0 Å². The zero-order chi connectivity index (χ0) is 6.53. The van der Waals surface area contributed by atoms with Crippen LogP contribution in [0.5, 0.6) is 0 Å². The molecular formula is C7H9NSn. The topological polar surface area (TPSA) is 26.0 Å². The van der Waals surface area contributed by atoms with Crippen LogP contribution in [-0.4, -0.2) is 25.7 Å². The molecule has 0 amide bonds. The van der Waals surface area contributed by atoms with E-state index in [0.29, 0.717) is 0 Å². The molecule has 0 aliphatic carbocycles. The maximum absolute atomic E-state index is 5.44. The van der Waals surface area contributed by atoms with Gasteiger partial charge < -0.3 is 0 Å². The van der Waals surface area contributed by atoms with Crippen molar-refractivity contribution < 1.29 is 0 Å². The third-order valence-corrected chi connectivity index (χ3v) is 3.78. The second-order valence-electron chi connectivity index (χ2n) is 1.75. The molecule has 2 N–H and O–H groups in total. The Kier molecular flexibility index (Phi) is 3.07. The first-order chi connectivity index (χ1) is 4.43. The molecule has 0 spiro atoms. The van der Waals surface area contributed by atoms with Crippen LogP contribution in [0.1, 0.15) is 0 Å². The molecule has 0 aliphatic heterocycles. The van der Waals surface area contributed by atoms with Gasteiger partial charge >= 0.3 is 65.3 Å². The average molecular weight is 226 g/mol. The molecule has 0 aromatic heterocycles. The van der Waals surface area contributed by atoms with Crippen molar-refractivity contribution in [1.82, 2.24) is 0 Å². The molecule has 2 radical (unpaired) electrons. The summed E-state index contributed by atoms with van der Waals surface area (Å²) in [6, 6.07) is 10.5. The Hall–Kier alpha value is -0.0213. The predicted octanol–water partition coefficient (Wildman–Crippen LogP) is -0.0677. The van der Waals surface area contributed by atoms with Gasteiger partial charge in [-0.25, -0.2) is 0 Å². The molecular weight excluding hydrogens is 217 g/mol. The quantitative estimate of drug-likeness (QED) is 0.702. The Balaban J connectivity index is 2.61. The normalized spacial score (nSPS) is 9.44. The molecule has 1 nitrogen and oxygen atoms in total. The van der Waals surface area contributed by atoms with E-state index in [-0.39, 0.29) is 21.1 Å². The van der Waals surface area contributed by atoms with E-state index in [1.807, 2.05) is 6.07 Å². The Morgan fingerprint density at radius 2 is 1.89 bits per heavy atom. The summed E-state index contributed by atoms with van der Waals surface area (Å²) in [5.41, 5.74) is 5.44. The van der Waals surface area contributed by atoms with Gasteiger partial charge in [-0.3, -0.25) is 0 Å². The summed E-state index contributed by atoms with van der Waals surface area (Å²) in [4.78, 5) is 0. The first-order valence-electron chi connectivity index (χ1n) is 2.92. The van der Waals surface area contributed by atoms with E-state index in [1.165, 1.54) is 3.58 Å². The summed E-state index contributed by atoms with van der Waals surface area (Å²) >= 11 is -0.372. The van der Waals surface area contributed by atoms with E-state index in [1.54, 1.807) is 0 Å². The monoisotopic (exact) mass is 227 g/mol. The van der Waals surface area contributed by atoms with Crippen molar-refractivity contribution >= 4 is 24.7 Å². The van der Waals surface area contributed by atoms with Gasteiger partial charge in [0.25, 0.3) is 0 Å². The fourth-order valence-corrected chi connectivity index (χ4v) is 2.57. The molecule has 0 saturated carbocycles. The van der Waals surface area contributed by atoms with Crippen LogP contribution in [0.2, 0.25) is 0 Å². The molecule has 0 saturated heterocycles. The van der Waals surface area contributed by atoms with Gasteiger partial charge in [0.1, 0.15) is 0 Å². The summed E-state index contributed by atoms with van der Waals surface area (Å²) < 4.78 is 2.40. The van der Waals surface area contributed by atoms with Crippen molar-refractivity contribution in [1.29, 1.82) is 0 Å². The summed E-state index contributed by atoms with van der Waals surface area (Å²) in [5, 5.41) is 0. The summed E-state index contributed by atoms with van der Waals surface area (Å²) in [6.07, 6.45) is 0. The number of hydrogen-bond acceptors (Lipinski definition) is 1. The van der Waals surface area contributed by atoms with Gasteiger partial charge in [-0.1, -0.05) is 0 Å². The van der Waals surface area contributed by atoms with E-state index in [0.717, 1.165) is 4.56 Å². The number of hydrogen-bond donors (Lipinski definition) is 1. The Morgan fingerprint density at radius 3 is 2.44 bits per heavy atom. The standard InChI is InChI=1S/C6H5.CH4N.Sn/c1-2-4-6-5-3-1;1-2;/h1-5H;1-2H2;. The van der Waals surface area contributed by atoms with E-state index in [9.17, 15) is 0 Å². The SMILES string of the molecule is N[CH2][Sn][c]1ccccc1. The minimum atomic E-state index is -0.372. The molecule has 0 heterocycles. The summed E-state index contributed by atoms with van der Waals surface area (Å²) in [7, 11) is 0. The van der Waals surface area contributed by atoms with Crippen LogP contribution in [-0.2, 0) is 0 Å². The first kappa shape index (κ1) is 7.09. The third kappa shape index (κ3) is 2.37. The minimum absolute atomic E-state index is 0.372. The molecule has 2 heteroatoms.